The van der Waals surface area contributed by atoms with Crippen molar-refractivity contribution in [2.24, 2.45) is 17.8 Å². The second kappa shape index (κ2) is 3.50. The third kappa shape index (κ3) is 1.26. The van der Waals surface area contributed by atoms with Crippen molar-refractivity contribution in [3.8, 4) is 0 Å². The first-order valence-electron chi connectivity index (χ1n) is 7.33. The summed E-state index contributed by atoms with van der Waals surface area (Å²) in [6.07, 6.45) is 3.56. The lowest BCUT2D eigenvalue weighted by molar-refractivity contribution is -0.812. The van der Waals surface area contributed by atoms with E-state index in [4.69, 9.17) is 4.74 Å². The number of carbonyl (C=O) groups is 1. The number of piperidine rings is 1. The second-order valence-corrected chi connectivity index (χ2v) is 7.31. The van der Waals surface area contributed by atoms with E-state index in [1.165, 1.54) is 13.3 Å². The average molecular weight is 252 g/mol. The van der Waals surface area contributed by atoms with E-state index in [0.29, 0.717) is 5.54 Å². The van der Waals surface area contributed by atoms with Gasteiger partial charge in [0.15, 0.2) is 5.54 Å². The Morgan fingerprint density at radius 2 is 1.89 bits per heavy atom. The Bertz CT molecular complexity index is 392. The Labute approximate surface area is 110 Å². The number of likely N-dealkylation sites (N-methyl/N-ethyl adjacent to an activating group) is 1. The number of hydrogen-bond donors (Lipinski definition) is 0. The van der Waals surface area contributed by atoms with Crippen LogP contribution in [0.15, 0.2) is 0 Å². The number of esters is 1. The Morgan fingerprint density at radius 3 is 2.50 bits per heavy atom. The van der Waals surface area contributed by atoms with Crippen molar-refractivity contribution in [2.75, 3.05) is 14.1 Å². The summed E-state index contributed by atoms with van der Waals surface area (Å²) in [6.45, 7) is 6.38. The molecule has 3 rings (SSSR count). The molecule has 0 bridgehead atoms. The van der Waals surface area contributed by atoms with Crippen molar-refractivity contribution in [3.63, 3.8) is 0 Å². The molecule has 0 N–H and O–H groups in total. The highest BCUT2D eigenvalue weighted by Crippen LogP contribution is 2.69. The van der Waals surface area contributed by atoms with E-state index in [1.807, 2.05) is 0 Å². The van der Waals surface area contributed by atoms with Crippen LogP contribution in [0, 0.1) is 17.8 Å². The standard InChI is InChI=1S/C15H26NO2/c1-9-10(2)14-15(16(14,4)5)8-12(18-11(3)17)6-7-13(9)15/h9-10,12-14H,6-8H2,1-5H3/q+1. The summed E-state index contributed by atoms with van der Waals surface area (Å²) in [7, 11) is 4.74. The van der Waals surface area contributed by atoms with E-state index in [9.17, 15) is 4.79 Å². The van der Waals surface area contributed by atoms with Gasteiger partial charge in [-0.3, -0.25) is 4.79 Å². The van der Waals surface area contributed by atoms with E-state index >= 15 is 0 Å². The molecule has 3 aliphatic rings. The van der Waals surface area contributed by atoms with Gasteiger partial charge in [0, 0.05) is 25.2 Å². The van der Waals surface area contributed by atoms with Gasteiger partial charge in [-0.05, 0) is 18.8 Å². The zero-order chi connectivity index (χ0) is 13.3. The molecule has 1 aliphatic heterocycles. The van der Waals surface area contributed by atoms with Gasteiger partial charge in [-0.2, -0.15) is 0 Å². The summed E-state index contributed by atoms with van der Waals surface area (Å²) >= 11 is 0. The fourth-order valence-corrected chi connectivity index (χ4v) is 5.80. The highest BCUT2D eigenvalue weighted by molar-refractivity contribution is 5.66. The molecule has 0 aromatic rings. The largest absolute Gasteiger partial charge is 0.462 e. The number of ether oxygens (including phenoxy) is 1. The summed E-state index contributed by atoms with van der Waals surface area (Å²) in [5.74, 6) is 2.36. The van der Waals surface area contributed by atoms with Crippen LogP contribution in [-0.2, 0) is 9.53 Å². The van der Waals surface area contributed by atoms with Crippen LogP contribution in [0.1, 0.15) is 40.0 Å². The maximum Gasteiger partial charge on any atom is 0.302 e. The highest BCUT2D eigenvalue weighted by Gasteiger charge is 2.85. The molecule has 6 unspecified atom stereocenters. The van der Waals surface area contributed by atoms with Crippen LogP contribution < -0.4 is 0 Å². The summed E-state index contributed by atoms with van der Waals surface area (Å²) in [4.78, 5) is 11.2. The minimum Gasteiger partial charge on any atom is -0.462 e. The highest BCUT2D eigenvalue weighted by atomic mass is 16.5. The van der Waals surface area contributed by atoms with Crippen molar-refractivity contribution < 1.29 is 14.0 Å². The maximum absolute atomic E-state index is 11.2. The fourth-order valence-electron chi connectivity index (χ4n) is 5.80. The molecule has 3 fully saturated rings. The van der Waals surface area contributed by atoms with Crippen LogP contribution in [0.3, 0.4) is 0 Å². The third-order valence-corrected chi connectivity index (χ3v) is 6.50. The average Bonchev–Trinajstić information content (AvgIpc) is 2.59. The molecule has 0 aromatic heterocycles. The molecule has 2 saturated carbocycles. The Hall–Kier alpha value is -0.570. The number of quaternary nitrogens is 1. The molecule has 2 aliphatic carbocycles. The molecule has 0 radical (unpaired) electrons. The fraction of sp³-hybridized carbons (Fsp3) is 0.933. The number of carbonyl (C=O) groups excluding carboxylic acids is 1. The predicted molar refractivity (Wildman–Crippen MR) is 69.9 cm³/mol. The summed E-state index contributed by atoms with van der Waals surface area (Å²) in [5, 5.41) is 0. The zero-order valence-electron chi connectivity index (χ0n) is 12.3. The Balaban J connectivity index is 1.86. The smallest absolute Gasteiger partial charge is 0.302 e. The number of hydrogen-bond acceptors (Lipinski definition) is 2. The molecule has 1 saturated heterocycles. The molecule has 0 aromatic carbocycles. The molecule has 102 valence electrons. The molecule has 6 atom stereocenters. The minimum absolute atomic E-state index is 0.114. The first kappa shape index (κ1) is 12.5. The molecule has 0 amide bonds. The van der Waals surface area contributed by atoms with Crippen molar-refractivity contribution in [3.05, 3.63) is 0 Å². The van der Waals surface area contributed by atoms with Gasteiger partial charge in [0.2, 0.25) is 0 Å². The van der Waals surface area contributed by atoms with Gasteiger partial charge in [-0.15, -0.1) is 0 Å². The minimum atomic E-state index is -0.114. The van der Waals surface area contributed by atoms with Crippen LogP contribution in [0.25, 0.3) is 0 Å². The maximum atomic E-state index is 11.2. The first-order valence-corrected chi connectivity index (χ1v) is 7.33. The predicted octanol–water partition coefficient (Wildman–Crippen LogP) is 2.20. The van der Waals surface area contributed by atoms with Gasteiger partial charge in [-0.1, -0.05) is 13.8 Å². The van der Waals surface area contributed by atoms with E-state index in [1.54, 1.807) is 0 Å². The molecule has 18 heavy (non-hydrogen) atoms. The van der Waals surface area contributed by atoms with Crippen molar-refractivity contribution >= 4 is 5.97 Å². The molecule has 3 heteroatoms. The Morgan fingerprint density at radius 1 is 1.22 bits per heavy atom. The van der Waals surface area contributed by atoms with Gasteiger partial charge in [-0.25, -0.2) is 0 Å². The molecule has 1 spiro atoms. The summed E-state index contributed by atoms with van der Waals surface area (Å²) < 4.78 is 6.66. The van der Waals surface area contributed by atoms with Crippen molar-refractivity contribution in [1.82, 2.24) is 0 Å². The van der Waals surface area contributed by atoms with E-state index in [-0.39, 0.29) is 12.1 Å². The van der Waals surface area contributed by atoms with Gasteiger partial charge in [0.1, 0.15) is 12.1 Å². The van der Waals surface area contributed by atoms with E-state index in [0.717, 1.165) is 41.1 Å². The lowest BCUT2D eigenvalue weighted by atomic mass is 9.74. The second-order valence-electron chi connectivity index (χ2n) is 7.31. The number of likely N-dealkylation sites (tertiary alicyclic amines) is 1. The molecule has 1 heterocycles. The Kier molecular flexibility index (Phi) is 2.42. The van der Waals surface area contributed by atoms with Crippen LogP contribution in [0.4, 0.5) is 0 Å². The zero-order valence-corrected chi connectivity index (χ0v) is 12.3. The third-order valence-electron chi connectivity index (χ3n) is 6.50. The van der Waals surface area contributed by atoms with Crippen molar-refractivity contribution in [2.45, 2.75) is 57.7 Å². The van der Waals surface area contributed by atoms with Crippen LogP contribution in [-0.4, -0.2) is 42.2 Å². The molecular weight excluding hydrogens is 226 g/mol. The van der Waals surface area contributed by atoms with Crippen LogP contribution >= 0.6 is 0 Å². The lowest BCUT2D eigenvalue weighted by Crippen LogP contribution is -2.45. The summed E-state index contributed by atoms with van der Waals surface area (Å²) in [5.41, 5.74) is 0.414. The quantitative estimate of drug-likeness (QED) is 0.406. The molecular formula is C15H26NO2+. The first-order chi connectivity index (χ1) is 8.32. The van der Waals surface area contributed by atoms with E-state index < -0.39 is 0 Å². The number of rotatable bonds is 1. The summed E-state index contributed by atoms with van der Waals surface area (Å²) in [6, 6.07) is 0.788. The SMILES string of the molecule is CC(=O)OC1CCC2C(C)C(C)C3C2(C1)[N+]3(C)C. The normalized spacial score (nSPS) is 52.4. The monoisotopic (exact) mass is 252 g/mol. The number of nitrogens with zero attached hydrogens (tertiary/aromatic N) is 1. The topological polar surface area (TPSA) is 26.3 Å². The lowest BCUT2D eigenvalue weighted by Gasteiger charge is -2.38. The van der Waals surface area contributed by atoms with Crippen molar-refractivity contribution in [1.29, 1.82) is 0 Å². The van der Waals surface area contributed by atoms with Gasteiger partial charge >= 0.3 is 5.97 Å². The van der Waals surface area contributed by atoms with Crippen LogP contribution in [0.2, 0.25) is 0 Å². The van der Waals surface area contributed by atoms with Gasteiger partial charge in [0.05, 0.1) is 14.1 Å². The van der Waals surface area contributed by atoms with Gasteiger partial charge in [0.25, 0.3) is 0 Å². The van der Waals surface area contributed by atoms with Crippen LogP contribution in [0.5, 0.6) is 0 Å². The molecule has 3 nitrogen and oxygen atoms in total. The van der Waals surface area contributed by atoms with E-state index in [2.05, 4.69) is 27.9 Å². The van der Waals surface area contributed by atoms with Gasteiger partial charge < -0.3 is 9.22 Å².